The van der Waals surface area contributed by atoms with Crippen LogP contribution in [0.1, 0.15) is 0 Å². The van der Waals surface area contributed by atoms with Gasteiger partial charge in [-0.1, -0.05) is 0 Å². The lowest BCUT2D eigenvalue weighted by Gasteiger charge is -2.03. The molecule has 22 heavy (non-hydrogen) atoms. The van der Waals surface area contributed by atoms with Crippen LogP contribution in [-0.2, 0) is 13.4 Å². The van der Waals surface area contributed by atoms with Crippen molar-refractivity contribution in [3.05, 3.63) is 0 Å². The molecule has 0 saturated heterocycles. The number of anilines is 3. The molecule has 1 aromatic rings. The second kappa shape index (κ2) is 12.1. The van der Waals surface area contributed by atoms with E-state index in [1.54, 1.807) is 0 Å². The van der Waals surface area contributed by atoms with Crippen molar-refractivity contribution in [2.24, 2.45) is 0 Å². The lowest BCUT2D eigenvalue weighted by Crippen LogP contribution is -2.05. The van der Waals surface area contributed by atoms with E-state index in [-0.39, 0.29) is 42.4 Å². The molecule has 0 aliphatic rings. The van der Waals surface area contributed by atoms with Gasteiger partial charge in [0.1, 0.15) is 0 Å². The van der Waals surface area contributed by atoms with Crippen molar-refractivity contribution in [3.8, 4) is 0 Å². The van der Waals surface area contributed by atoms with Crippen molar-refractivity contribution < 1.29 is 33.0 Å². The Morgan fingerprint density at radius 2 is 0.864 bits per heavy atom. The van der Waals surface area contributed by atoms with Gasteiger partial charge in [-0.3, -0.25) is 0 Å². The number of aromatic nitrogens is 3. The molecule has 0 aliphatic carbocycles. The summed E-state index contributed by atoms with van der Waals surface area (Å²) in [5.74, 6) is 0.125. The van der Waals surface area contributed by atoms with Gasteiger partial charge in [-0.2, -0.15) is 19.3 Å². The van der Waals surface area contributed by atoms with Crippen LogP contribution in [0.25, 0.3) is 0 Å². The first-order chi connectivity index (χ1) is 7.89. The zero-order chi connectivity index (χ0) is 14.6. The lowest BCUT2D eigenvalue weighted by atomic mass is 10.9. The Morgan fingerprint density at radius 1 is 0.682 bits per heavy atom. The molecule has 136 valence electrons. The number of nitrogens with two attached hydrogens (primary N) is 3. The van der Waals surface area contributed by atoms with Crippen molar-refractivity contribution in [2.75, 3.05) is 17.2 Å². The lowest BCUT2D eigenvalue weighted by molar-refractivity contribution is 0.225. The molecule has 0 amide bonds. The molecule has 19 heteroatoms. The van der Waals surface area contributed by atoms with E-state index in [0.29, 0.717) is 0 Å². The van der Waals surface area contributed by atoms with Crippen LogP contribution in [0.5, 0.6) is 0 Å². The molecule has 0 aromatic carbocycles. The van der Waals surface area contributed by atoms with Gasteiger partial charge in [0.25, 0.3) is 0 Å². The van der Waals surface area contributed by atoms with Crippen LogP contribution in [0, 0.1) is 0 Å². The third-order valence-corrected chi connectivity index (χ3v) is 2.60. The van der Waals surface area contributed by atoms with Gasteiger partial charge in [0.15, 0.2) is 0 Å². The third kappa shape index (κ3) is 20.8. The first kappa shape index (κ1) is 32.5. The first-order valence-corrected chi connectivity index (χ1v) is 6.80. The fourth-order valence-electron chi connectivity index (χ4n) is 0.566. The highest BCUT2D eigenvalue weighted by molar-refractivity contribution is 7.60. The number of nitrogens with zero attached hydrogens (tertiary/aromatic N) is 3. The predicted molar refractivity (Wildman–Crippen MR) is 78.3 cm³/mol. The second-order valence-electron chi connectivity index (χ2n) is 2.47. The van der Waals surface area contributed by atoms with E-state index in [0.717, 1.165) is 0 Å². The molecular weight excluding hydrogens is 350 g/mol. The van der Waals surface area contributed by atoms with Crippen LogP contribution in [0.3, 0.4) is 0 Å². The number of phosphoric acid groups is 2. The second-order valence-corrected chi connectivity index (χ2v) is 5.09. The summed E-state index contributed by atoms with van der Waals surface area (Å²) in [6.45, 7) is 0. The van der Waals surface area contributed by atoms with Crippen molar-refractivity contribution in [1.82, 2.24) is 39.6 Å². The van der Waals surface area contributed by atoms with E-state index in [9.17, 15) is 9.13 Å². The Balaban J connectivity index is -0.0000000741. The highest BCUT2D eigenvalue weighted by Crippen LogP contribution is 2.53. The van der Waals surface area contributed by atoms with Gasteiger partial charge in [-0.25, -0.2) is 9.13 Å². The molecule has 1 aromatic heterocycles. The molecule has 17 nitrogen and oxygen atoms in total. The number of hydrogen-bond donors (Lipinski definition) is 11. The van der Waals surface area contributed by atoms with E-state index in [1.807, 2.05) is 0 Å². The fraction of sp³-hybridized carbons (Fsp3) is 0. The van der Waals surface area contributed by atoms with Crippen LogP contribution in [0.4, 0.5) is 17.8 Å². The topological polar surface area (TPSA) is 381 Å². The smallest absolute Gasteiger partial charge is 0.368 e. The Bertz CT molecular complexity index is 431. The quantitative estimate of drug-likeness (QED) is 0.261. The van der Waals surface area contributed by atoms with Gasteiger partial charge in [-0.05, 0) is 0 Å². The largest absolute Gasteiger partial charge is 0.478 e. The number of hydrogen-bond acceptors (Lipinski definition) is 13. The molecule has 1 rings (SSSR count). The van der Waals surface area contributed by atoms with Gasteiger partial charge in [0, 0.05) is 0 Å². The van der Waals surface area contributed by atoms with E-state index in [2.05, 4.69) is 19.3 Å². The molecule has 0 unspecified atom stereocenters. The van der Waals surface area contributed by atoms with Gasteiger partial charge >= 0.3 is 15.6 Å². The minimum absolute atomic E-state index is 0. The predicted octanol–water partition coefficient (Wildman–Crippen LogP) is -1.55. The summed E-state index contributed by atoms with van der Waals surface area (Å²) in [7, 11) is -10.1. The maximum atomic E-state index is 9.63. The Kier molecular flexibility index (Phi) is 17.8. The summed E-state index contributed by atoms with van der Waals surface area (Å²) in [6.07, 6.45) is 0. The summed E-state index contributed by atoms with van der Waals surface area (Å²) in [5, 5.41) is 0. The number of nitrogen functional groups attached to an aromatic ring is 3. The third-order valence-electron chi connectivity index (χ3n) is 0.900. The molecule has 0 saturated carbocycles. The maximum absolute atomic E-state index is 9.63. The summed E-state index contributed by atoms with van der Waals surface area (Å²) in [4.78, 5) is 41.5. The van der Waals surface area contributed by atoms with E-state index in [4.69, 9.17) is 36.8 Å². The van der Waals surface area contributed by atoms with Crippen molar-refractivity contribution in [3.63, 3.8) is 0 Å². The molecule has 0 radical (unpaired) electrons. The SMILES string of the molecule is N.N.N.N.Nc1nc(N)nc(N)n1.O=P(O)(O)OP(=O)(O)O. The monoisotopic (exact) mass is 372 g/mol. The van der Waals surface area contributed by atoms with Crippen LogP contribution < -0.4 is 41.8 Å². The van der Waals surface area contributed by atoms with Crippen LogP contribution in [0.15, 0.2) is 0 Å². The minimum Gasteiger partial charge on any atom is -0.368 e. The molecular formula is C3H22N10O7P2. The highest BCUT2D eigenvalue weighted by Gasteiger charge is 2.27. The molecule has 0 spiro atoms. The molecule has 1 heterocycles. The Morgan fingerprint density at radius 3 is 0.955 bits per heavy atom. The highest BCUT2D eigenvalue weighted by atomic mass is 31.3. The normalized spacial score (nSPS) is 9.45. The zero-order valence-corrected chi connectivity index (χ0v) is 13.1. The number of rotatable bonds is 2. The standard InChI is InChI=1S/C3H6N6.4H3N.H4O7P2/c4-1-7-2(5)9-3(6)8-1;;;;;1-8(2,3)7-9(4,5)6/h(H6,4,5,6,7,8,9);4*1H3;(H2,1,2,3)(H2,4,5,6). The van der Waals surface area contributed by atoms with Gasteiger partial charge in [-0.15, -0.1) is 0 Å². The van der Waals surface area contributed by atoms with Gasteiger partial charge < -0.3 is 61.4 Å². The van der Waals surface area contributed by atoms with Crippen LogP contribution in [-0.4, -0.2) is 34.5 Å². The van der Waals surface area contributed by atoms with Crippen LogP contribution in [0.2, 0.25) is 0 Å². The van der Waals surface area contributed by atoms with E-state index >= 15 is 0 Å². The Hall–Kier alpha value is -1.49. The first-order valence-electron chi connectivity index (χ1n) is 3.74. The van der Waals surface area contributed by atoms with Gasteiger partial charge in [0.2, 0.25) is 17.8 Å². The van der Waals surface area contributed by atoms with Crippen LogP contribution >= 0.6 is 15.6 Å². The van der Waals surface area contributed by atoms with Crippen molar-refractivity contribution in [2.45, 2.75) is 0 Å². The summed E-state index contributed by atoms with van der Waals surface area (Å²) < 4.78 is 22.2. The van der Waals surface area contributed by atoms with Crippen molar-refractivity contribution >= 4 is 33.5 Å². The minimum atomic E-state index is -5.05. The maximum Gasteiger partial charge on any atom is 0.478 e. The van der Waals surface area contributed by atoms with Gasteiger partial charge in [0.05, 0.1) is 0 Å². The summed E-state index contributed by atoms with van der Waals surface area (Å²) >= 11 is 0. The zero-order valence-electron chi connectivity index (χ0n) is 11.3. The average molecular weight is 372 g/mol. The summed E-state index contributed by atoms with van der Waals surface area (Å²) in [5.41, 5.74) is 15.4. The molecule has 0 atom stereocenters. The molecule has 0 aliphatic heterocycles. The molecule has 0 bridgehead atoms. The van der Waals surface area contributed by atoms with E-state index < -0.39 is 15.6 Å². The van der Waals surface area contributed by atoms with Crippen molar-refractivity contribution in [1.29, 1.82) is 0 Å². The molecule has 0 fully saturated rings. The summed E-state index contributed by atoms with van der Waals surface area (Å²) in [6, 6.07) is 0. The Labute approximate surface area is 124 Å². The molecule has 22 N–H and O–H groups in total. The average Bonchev–Trinajstić information content (AvgIpc) is 1.92. The fourth-order valence-corrected chi connectivity index (χ4v) is 1.67. The van der Waals surface area contributed by atoms with E-state index in [1.165, 1.54) is 0 Å².